The third kappa shape index (κ3) is 5.96. The third-order valence-corrected chi connectivity index (χ3v) is 4.16. The minimum Gasteiger partial charge on any atom is -0.490 e. The first-order valence-corrected chi connectivity index (χ1v) is 9.58. The molecule has 6 nitrogen and oxygen atoms in total. The van der Waals surface area contributed by atoms with Crippen LogP contribution in [0.15, 0.2) is 30.7 Å². The molecule has 0 aliphatic rings. The molecule has 0 bridgehead atoms. The average Bonchev–Trinajstić information content (AvgIpc) is 2.66. The fraction of sp³-hybridized carbons (Fsp3) is 0.381. The standard InChI is InChI=1S/C21H25ClN2O4/c1-5-9-27-21-18(22)10-16(11-19(21)26-6-2)7-8-20(25)28-15(4)17-12-23-13-24-14(17)3/h7-8,10-13,15H,5-6,9H2,1-4H3/b8-7+/t15-/m0/s1. The number of hydrogen-bond acceptors (Lipinski definition) is 6. The molecule has 0 aliphatic heterocycles. The topological polar surface area (TPSA) is 70.5 Å². The molecule has 2 rings (SSSR count). The van der Waals surface area contributed by atoms with Crippen molar-refractivity contribution in [1.82, 2.24) is 9.97 Å². The van der Waals surface area contributed by atoms with Gasteiger partial charge in [0.1, 0.15) is 12.4 Å². The molecule has 1 aromatic heterocycles. The Morgan fingerprint density at radius 2 is 2.07 bits per heavy atom. The predicted octanol–water partition coefficient (Wildman–Crippen LogP) is 4.94. The second kappa shape index (κ2) is 10.7. The van der Waals surface area contributed by atoms with Gasteiger partial charge < -0.3 is 14.2 Å². The summed E-state index contributed by atoms with van der Waals surface area (Å²) < 4.78 is 16.7. The zero-order valence-electron chi connectivity index (χ0n) is 16.6. The molecule has 0 fully saturated rings. The number of rotatable bonds is 9. The van der Waals surface area contributed by atoms with Gasteiger partial charge in [0.05, 0.1) is 18.2 Å². The lowest BCUT2D eigenvalue weighted by atomic mass is 10.1. The van der Waals surface area contributed by atoms with Gasteiger partial charge in [-0.3, -0.25) is 0 Å². The van der Waals surface area contributed by atoms with Crippen molar-refractivity contribution in [2.24, 2.45) is 0 Å². The normalized spacial score (nSPS) is 12.0. The zero-order valence-corrected chi connectivity index (χ0v) is 17.3. The Morgan fingerprint density at radius 1 is 1.29 bits per heavy atom. The summed E-state index contributed by atoms with van der Waals surface area (Å²) in [6, 6.07) is 3.50. The number of aryl methyl sites for hydroxylation is 1. The molecular formula is C21H25ClN2O4. The smallest absolute Gasteiger partial charge is 0.331 e. The number of esters is 1. The molecule has 28 heavy (non-hydrogen) atoms. The van der Waals surface area contributed by atoms with Crippen molar-refractivity contribution in [2.45, 2.75) is 40.2 Å². The van der Waals surface area contributed by atoms with E-state index >= 15 is 0 Å². The maximum atomic E-state index is 12.2. The molecule has 1 atom stereocenters. The summed E-state index contributed by atoms with van der Waals surface area (Å²) in [7, 11) is 0. The first-order valence-electron chi connectivity index (χ1n) is 9.20. The van der Waals surface area contributed by atoms with Crippen LogP contribution in [-0.4, -0.2) is 29.2 Å². The molecule has 0 N–H and O–H groups in total. The monoisotopic (exact) mass is 404 g/mol. The van der Waals surface area contributed by atoms with Crippen LogP contribution in [0, 0.1) is 6.92 Å². The average molecular weight is 405 g/mol. The van der Waals surface area contributed by atoms with Gasteiger partial charge in [-0.1, -0.05) is 18.5 Å². The van der Waals surface area contributed by atoms with E-state index in [1.807, 2.05) is 20.8 Å². The van der Waals surface area contributed by atoms with E-state index in [4.69, 9.17) is 25.8 Å². The van der Waals surface area contributed by atoms with Gasteiger partial charge in [-0.2, -0.15) is 0 Å². The highest BCUT2D eigenvalue weighted by Gasteiger charge is 2.14. The molecule has 0 radical (unpaired) electrons. The number of carbonyl (C=O) groups excluding carboxylic acids is 1. The van der Waals surface area contributed by atoms with Crippen molar-refractivity contribution in [3.05, 3.63) is 52.6 Å². The van der Waals surface area contributed by atoms with Crippen LogP contribution in [0.1, 0.15) is 50.1 Å². The highest BCUT2D eigenvalue weighted by molar-refractivity contribution is 6.32. The van der Waals surface area contributed by atoms with Crippen molar-refractivity contribution < 1.29 is 19.0 Å². The van der Waals surface area contributed by atoms with Gasteiger partial charge in [0.15, 0.2) is 11.5 Å². The van der Waals surface area contributed by atoms with E-state index in [1.54, 1.807) is 31.3 Å². The molecule has 0 spiro atoms. The molecule has 1 heterocycles. The predicted molar refractivity (Wildman–Crippen MR) is 109 cm³/mol. The van der Waals surface area contributed by atoms with E-state index in [9.17, 15) is 4.79 Å². The molecule has 0 unspecified atom stereocenters. The van der Waals surface area contributed by atoms with Crippen LogP contribution in [0.5, 0.6) is 11.5 Å². The summed E-state index contributed by atoms with van der Waals surface area (Å²) in [6.45, 7) is 8.54. The fourth-order valence-corrected chi connectivity index (χ4v) is 2.81. The van der Waals surface area contributed by atoms with Crippen molar-refractivity contribution in [3.8, 4) is 11.5 Å². The first kappa shape index (κ1) is 21.7. The Kier molecular flexibility index (Phi) is 8.26. The van der Waals surface area contributed by atoms with Crippen LogP contribution < -0.4 is 9.47 Å². The Balaban J connectivity index is 2.12. The molecule has 0 aliphatic carbocycles. The Labute approximate surface area is 170 Å². The van der Waals surface area contributed by atoms with E-state index < -0.39 is 12.1 Å². The second-order valence-electron chi connectivity index (χ2n) is 6.09. The van der Waals surface area contributed by atoms with Crippen molar-refractivity contribution in [3.63, 3.8) is 0 Å². The van der Waals surface area contributed by atoms with Crippen LogP contribution in [0.4, 0.5) is 0 Å². The number of aromatic nitrogens is 2. The van der Waals surface area contributed by atoms with Gasteiger partial charge in [-0.05, 0) is 51.0 Å². The summed E-state index contributed by atoms with van der Waals surface area (Å²) in [5.41, 5.74) is 2.25. The van der Waals surface area contributed by atoms with Crippen molar-refractivity contribution >= 4 is 23.6 Å². The number of ether oxygens (including phenoxy) is 3. The molecule has 1 aromatic carbocycles. The Hall–Kier alpha value is -2.60. The van der Waals surface area contributed by atoms with E-state index in [0.29, 0.717) is 35.3 Å². The van der Waals surface area contributed by atoms with Crippen LogP contribution in [0.25, 0.3) is 6.08 Å². The number of carbonyl (C=O) groups is 1. The Morgan fingerprint density at radius 3 is 2.75 bits per heavy atom. The molecule has 150 valence electrons. The SMILES string of the molecule is CCCOc1c(Cl)cc(/C=C/C(=O)O[C@@H](C)c2cncnc2C)cc1OCC. The minimum absolute atomic E-state index is 0.429. The zero-order chi connectivity index (χ0) is 20.5. The summed E-state index contributed by atoms with van der Waals surface area (Å²) in [5, 5.41) is 0.429. The fourth-order valence-electron chi connectivity index (χ4n) is 2.53. The largest absolute Gasteiger partial charge is 0.490 e. The summed E-state index contributed by atoms with van der Waals surface area (Å²) >= 11 is 6.33. The molecule has 0 amide bonds. The van der Waals surface area contributed by atoms with Crippen LogP contribution in [0.2, 0.25) is 5.02 Å². The van der Waals surface area contributed by atoms with Gasteiger partial charge in [0.25, 0.3) is 0 Å². The number of nitrogens with zero attached hydrogens (tertiary/aromatic N) is 2. The molecule has 0 saturated carbocycles. The van der Waals surface area contributed by atoms with Crippen molar-refractivity contribution in [1.29, 1.82) is 0 Å². The maximum Gasteiger partial charge on any atom is 0.331 e. The molecule has 7 heteroatoms. The van der Waals surface area contributed by atoms with Gasteiger partial charge in [0.2, 0.25) is 0 Å². The summed E-state index contributed by atoms with van der Waals surface area (Å²) in [4.78, 5) is 20.3. The van der Waals surface area contributed by atoms with Gasteiger partial charge in [-0.15, -0.1) is 0 Å². The van der Waals surface area contributed by atoms with Gasteiger partial charge >= 0.3 is 5.97 Å². The molecule has 2 aromatic rings. The van der Waals surface area contributed by atoms with Gasteiger partial charge in [-0.25, -0.2) is 14.8 Å². The number of halogens is 1. The van der Waals surface area contributed by atoms with Crippen LogP contribution in [-0.2, 0) is 9.53 Å². The van der Waals surface area contributed by atoms with E-state index in [1.165, 1.54) is 12.4 Å². The molecule has 0 saturated heterocycles. The maximum absolute atomic E-state index is 12.2. The van der Waals surface area contributed by atoms with E-state index in [-0.39, 0.29) is 0 Å². The minimum atomic E-state index is -0.476. The van der Waals surface area contributed by atoms with Crippen LogP contribution in [0.3, 0.4) is 0 Å². The lowest BCUT2D eigenvalue weighted by Gasteiger charge is -2.14. The van der Waals surface area contributed by atoms with Gasteiger partial charge in [0, 0.05) is 23.5 Å². The van der Waals surface area contributed by atoms with E-state index in [0.717, 1.165) is 17.7 Å². The third-order valence-electron chi connectivity index (χ3n) is 3.87. The Bertz CT molecular complexity index is 839. The number of benzene rings is 1. The first-order chi connectivity index (χ1) is 13.5. The van der Waals surface area contributed by atoms with E-state index in [2.05, 4.69) is 9.97 Å². The molecular weight excluding hydrogens is 380 g/mol. The quantitative estimate of drug-likeness (QED) is 0.435. The highest BCUT2D eigenvalue weighted by Crippen LogP contribution is 2.37. The lowest BCUT2D eigenvalue weighted by Crippen LogP contribution is -2.08. The number of hydrogen-bond donors (Lipinski definition) is 0. The van der Waals surface area contributed by atoms with Crippen LogP contribution >= 0.6 is 11.6 Å². The second-order valence-corrected chi connectivity index (χ2v) is 6.49. The lowest BCUT2D eigenvalue weighted by molar-refractivity contribution is -0.142. The highest BCUT2D eigenvalue weighted by atomic mass is 35.5. The van der Waals surface area contributed by atoms with Crippen molar-refractivity contribution in [2.75, 3.05) is 13.2 Å². The summed E-state index contributed by atoms with van der Waals surface area (Å²) in [6.07, 6.45) is 6.49. The summed E-state index contributed by atoms with van der Waals surface area (Å²) in [5.74, 6) is 0.580.